The minimum atomic E-state index is -0.242. The molecule has 6 rings (SSSR count). The number of aliphatic hydroxyl groups is 1. The van der Waals surface area contributed by atoms with Crippen LogP contribution in [-0.2, 0) is 16.0 Å². The first kappa shape index (κ1) is 27.7. The number of aromatic nitrogens is 2. The number of fused-ring (bicyclic) bond motifs is 2. The standard InChI is InChI=1S/C30H41N7O4/c1-4-23-29(40)34(2)25-16-31-30(33-28(25)37(23)20-8-5-6-9-20)32-22-15-24-19(14-26(22)41-3)11-13-36(24)27(39)17-35-12-7-10-21(35)18-38/h14-16,20-21,23,38H,4-13,17-18H2,1-3H3,(H,31,32,33)/t21-,23+/m0/s1. The van der Waals surface area contributed by atoms with Crippen molar-refractivity contribution in [3.63, 3.8) is 0 Å². The van der Waals surface area contributed by atoms with Crippen LogP contribution in [-0.4, -0.2) is 90.3 Å². The van der Waals surface area contributed by atoms with Crippen molar-refractivity contribution in [3.8, 4) is 5.75 Å². The number of carbonyl (C=O) groups is 2. The van der Waals surface area contributed by atoms with Crippen LogP contribution in [0.5, 0.6) is 5.75 Å². The Hall–Kier alpha value is -3.44. The van der Waals surface area contributed by atoms with Crippen molar-refractivity contribution >= 4 is 40.6 Å². The van der Waals surface area contributed by atoms with Gasteiger partial charge in [0.25, 0.3) is 0 Å². The van der Waals surface area contributed by atoms with Gasteiger partial charge < -0.3 is 29.9 Å². The van der Waals surface area contributed by atoms with E-state index >= 15 is 0 Å². The first-order valence-electron chi connectivity index (χ1n) is 15.0. The average Bonchev–Trinajstić information content (AvgIpc) is 3.75. The number of likely N-dealkylation sites (N-methyl/N-ethyl adjacent to an activating group) is 1. The number of benzene rings is 1. The summed E-state index contributed by atoms with van der Waals surface area (Å²) in [4.78, 5) is 44.0. The van der Waals surface area contributed by atoms with E-state index in [1.165, 1.54) is 0 Å². The Labute approximate surface area is 241 Å². The molecular weight excluding hydrogens is 522 g/mol. The van der Waals surface area contributed by atoms with Gasteiger partial charge in [-0.15, -0.1) is 0 Å². The third-order valence-corrected chi connectivity index (χ3v) is 9.30. The molecule has 1 aliphatic carbocycles. The second kappa shape index (κ2) is 11.4. The Kier molecular flexibility index (Phi) is 7.74. The van der Waals surface area contributed by atoms with E-state index in [0.717, 1.165) is 74.2 Å². The smallest absolute Gasteiger partial charge is 0.249 e. The molecule has 2 N–H and O–H groups in total. The minimum absolute atomic E-state index is 0.0377. The molecule has 1 aromatic carbocycles. The van der Waals surface area contributed by atoms with E-state index in [2.05, 4.69) is 27.0 Å². The lowest BCUT2D eigenvalue weighted by Crippen LogP contribution is -2.55. The molecule has 4 aliphatic rings. The fourth-order valence-corrected chi connectivity index (χ4v) is 7.07. The van der Waals surface area contributed by atoms with E-state index < -0.39 is 0 Å². The molecule has 2 fully saturated rings. The maximum absolute atomic E-state index is 13.4. The number of ether oxygens (including phenoxy) is 1. The highest BCUT2D eigenvalue weighted by atomic mass is 16.5. The molecule has 0 radical (unpaired) electrons. The summed E-state index contributed by atoms with van der Waals surface area (Å²) >= 11 is 0. The Morgan fingerprint density at radius 2 is 1.95 bits per heavy atom. The molecule has 2 atom stereocenters. The van der Waals surface area contributed by atoms with Gasteiger partial charge in [0.1, 0.15) is 17.5 Å². The first-order valence-corrected chi connectivity index (χ1v) is 15.0. The number of hydrogen-bond donors (Lipinski definition) is 2. The van der Waals surface area contributed by atoms with Gasteiger partial charge in [0.05, 0.1) is 32.1 Å². The molecule has 11 heteroatoms. The van der Waals surface area contributed by atoms with E-state index in [4.69, 9.17) is 9.72 Å². The van der Waals surface area contributed by atoms with Crippen LogP contribution in [0.3, 0.4) is 0 Å². The van der Waals surface area contributed by atoms with Crippen molar-refractivity contribution in [2.75, 3.05) is 60.4 Å². The zero-order valence-corrected chi connectivity index (χ0v) is 24.3. The molecule has 1 saturated carbocycles. The monoisotopic (exact) mass is 563 g/mol. The number of anilines is 5. The van der Waals surface area contributed by atoms with Gasteiger partial charge in [-0.05, 0) is 62.8 Å². The quantitative estimate of drug-likeness (QED) is 0.500. The van der Waals surface area contributed by atoms with Gasteiger partial charge >= 0.3 is 0 Å². The van der Waals surface area contributed by atoms with Crippen LogP contribution in [0.25, 0.3) is 0 Å². The zero-order chi connectivity index (χ0) is 28.7. The maximum Gasteiger partial charge on any atom is 0.249 e. The molecule has 0 spiro atoms. The van der Waals surface area contributed by atoms with Crippen molar-refractivity contribution in [1.82, 2.24) is 14.9 Å². The average molecular weight is 564 g/mol. The molecule has 41 heavy (non-hydrogen) atoms. The fourth-order valence-electron chi connectivity index (χ4n) is 7.07. The number of nitrogens with one attached hydrogen (secondary N) is 1. The van der Waals surface area contributed by atoms with Crippen LogP contribution in [0.15, 0.2) is 18.3 Å². The molecule has 220 valence electrons. The molecule has 3 aliphatic heterocycles. The summed E-state index contributed by atoms with van der Waals surface area (Å²) in [7, 11) is 3.43. The zero-order valence-electron chi connectivity index (χ0n) is 24.3. The van der Waals surface area contributed by atoms with Crippen LogP contribution < -0.4 is 24.8 Å². The Morgan fingerprint density at radius 1 is 1.15 bits per heavy atom. The number of likely N-dealkylation sites (tertiary alicyclic amines) is 1. The normalized spacial score (nSPS) is 22.8. The van der Waals surface area contributed by atoms with Gasteiger partial charge in [0, 0.05) is 31.4 Å². The van der Waals surface area contributed by atoms with Gasteiger partial charge in [-0.3, -0.25) is 14.5 Å². The molecule has 1 saturated heterocycles. The molecule has 11 nitrogen and oxygen atoms in total. The van der Waals surface area contributed by atoms with E-state index in [1.54, 1.807) is 25.3 Å². The highest BCUT2D eigenvalue weighted by Gasteiger charge is 2.41. The van der Waals surface area contributed by atoms with Crippen molar-refractivity contribution in [2.24, 2.45) is 0 Å². The minimum Gasteiger partial charge on any atom is -0.495 e. The summed E-state index contributed by atoms with van der Waals surface area (Å²) in [5.74, 6) is 1.98. The third-order valence-electron chi connectivity index (χ3n) is 9.30. The van der Waals surface area contributed by atoms with Gasteiger partial charge in [-0.25, -0.2) is 4.98 Å². The largest absolute Gasteiger partial charge is 0.495 e. The summed E-state index contributed by atoms with van der Waals surface area (Å²) in [5.41, 5.74) is 3.32. The number of hydrogen-bond acceptors (Lipinski definition) is 9. The van der Waals surface area contributed by atoms with Crippen LogP contribution in [0, 0.1) is 0 Å². The van der Waals surface area contributed by atoms with Crippen molar-refractivity contribution in [3.05, 3.63) is 23.9 Å². The number of aliphatic hydroxyl groups excluding tert-OH is 1. The van der Waals surface area contributed by atoms with Gasteiger partial charge in [-0.2, -0.15) is 4.98 Å². The predicted molar refractivity (Wildman–Crippen MR) is 158 cm³/mol. The molecule has 4 heterocycles. The van der Waals surface area contributed by atoms with E-state index in [9.17, 15) is 14.7 Å². The van der Waals surface area contributed by atoms with Crippen molar-refractivity contribution < 1.29 is 19.4 Å². The maximum atomic E-state index is 13.4. The lowest BCUT2D eigenvalue weighted by Gasteiger charge is -2.43. The summed E-state index contributed by atoms with van der Waals surface area (Å²) in [6.07, 6.45) is 9.55. The van der Waals surface area contributed by atoms with Crippen LogP contribution >= 0.6 is 0 Å². The number of amides is 2. The Balaban J connectivity index is 1.29. The molecule has 1 aromatic heterocycles. The Bertz CT molecular complexity index is 1310. The van der Waals surface area contributed by atoms with Crippen molar-refractivity contribution in [2.45, 2.75) is 76.4 Å². The third kappa shape index (κ3) is 4.99. The fraction of sp³-hybridized carbons (Fsp3) is 0.600. The molecule has 0 unspecified atom stereocenters. The second-order valence-corrected chi connectivity index (χ2v) is 11.6. The topological polar surface area (TPSA) is 114 Å². The van der Waals surface area contributed by atoms with E-state index in [0.29, 0.717) is 36.9 Å². The Morgan fingerprint density at radius 3 is 2.68 bits per heavy atom. The second-order valence-electron chi connectivity index (χ2n) is 11.6. The van der Waals surface area contributed by atoms with Crippen LogP contribution in [0.1, 0.15) is 57.4 Å². The molecular formula is C30H41N7O4. The lowest BCUT2D eigenvalue weighted by molar-refractivity contribution is -0.120. The summed E-state index contributed by atoms with van der Waals surface area (Å²) in [6.45, 7) is 3.88. The highest BCUT2D eigenvalue weighted by Crippen LogP contribution is 2.42. The first-order chi connectivity index (χ1) is 19.9. The predicted octanol–water partition coefficient (Wildman–Crippen LogP) is 3.08. The number of rotatable bonds is 8. The summed E-state index contributed by atoms with van der Waals surface area (Å²) < 4.78 is 5.73. The van der Waals surface area contributed by atoms with Crippen LogP contribution in [0.2, 0.25) is 0 Å². The number of nitrogens with zero attached hydrogens (tertiary/aromatic N) is 6. The van der Waals surface area contributed by atoms with Gasteiger partial charge in [-0.1, -0.05) is 19.8 Å². The summed E-state index contributed by atoms with van der Waals surface area (Å²) in [5, 5.41) is 13.1. The van der Waals surface area contributed by atoms with Gasteiger partial charge in [0.15, 0.2) is 5.82 Å². The van der Waals surface area contributed by atoms with E-state index in [1.807, 2.05) is 17.0 Å². The van der Waals surface area contributed by atoms with Crippen LogP contribution in [0.4, 0.5) is 28.8 Å². The molecule has 0 bridgehead atoms. The van der Waals surface area contributed by atoms with E-state index in [-0.39, 0.29) is 36.5 Å². The SMILES string of the molecule is CC[C@@H]1C(=O)N(C)c2cnc(Nc3cc4c(cc3OC)CCN4C(=O)CN3CCC[C@H]3CO)nc2N1C1CCCC1. The molecule has 2 amide bonds. The number of methoxy groups -OCH3 is 1. The van der Waals surface area contributed by atoms with Gasteiger partial charge in [0.2, 0.25) is 17.8 Å². The highest BCUT2D eigenvalue weighted by molar-refractivity contribution is 6.04. The summed E-state index contributed by atoms with van der Waals surface area (Å²) in [6, 6.07) is 4.04. The van der Waals surface area contributed by atoms with Crippen molar-refractivity contribution in [1.29, 1.82) is 0 Å². The lowest BCUT2D eigenvalue weighted by atomic mass is 10.0. The number of carbonyl (C=O) groups excluding carboxylic acids is 2. The molecule has 2 aromatic rings.